The summed E-state index contributed by atoms with van der Waals surface area (Å²) in [4.78, 5) is 2.63. The number of rotatable bonds is 4. The molecule has 20 heavy (non-hydrogen) atoms. The average molecular weight is 280 g/mol. The molecule has 0 saturated carbocycles. The normalized spacial score (nSPS) is 41.0. The minimum Gasteiger partial charge on any atom is -0.375 e. The highest BCUT2D eigenvalue weighted by Crippen LogP contribution is 2.36. The number of ether oxygens (including phenoxy) is 1. The smallest absolute Gasteiger partial charge is 0.0692 e. The third-order valence-corrected chi connectivity index (χ3v) is 6.35. The molecule has 0 aromatic rings. The molecule has 0 aliphatic carbocycles. The number of nitrogens with one attached hydrogen (secondary N) is 1. The van der Waals surface area contributed by atoms with Crippen molar-refractivity contribution in [1.29, 1.82) is 0 Å². The number of nitrogens with zero attached hydrogens (tertiary/aromatic N) is 1. The van der Waals surface area contributed by atoms with Crippen LogP contribution in [0.5, 0.6) is 0 Å². The third-order valence-electron chi connectivity index (χ3n) is 6.35. The summed E-state index contributed by atoms with van der Waals surface area (Å²) in [5, 5.41) is 4.00. The Morgan fingerprint density at radius 3 is 2.30 bits per heavy atom. The molecule has 3 nitrogen and oxygen atoms in total. The quantitative estimate of drug-likeness (QED) is 0.857. The Bertz CT molecular complexity index is 315. The maximum atomic E-state index is 6.11. The molecular weight excluding hydrogens is 248 g/mol. The van der Waals surface area contributed by atoms with Gasteiger partial charge in [-0.15, -0.1) is 0 Å². The summed E-state index contributed by atoms with van der Waals surface area (Å²) in [7, 11) is 2.33. The summed E-state index contributed by atoms with van der Waals surface area (Å²) in [6.07, 6.45) is 10.3. The van der Waals surface area contributed by atoms with E-state index in [2.05, 4.69) is 31.1 Å². The van der Waals surface area contributed by atoms with Gasteiger partial charge in [0.15, 0.2) is 0 Å². The van der Waals surface area contributed by atoms with E-state index >= 15 is 0 Å². The fourth-order valence-corrected chi connectivity index (χ4v) is 4.79. The molecule has 0 aromatic carbocycles. The summed E-state index contributed by atoms with van der Waals surface area (Å²) in [6.45, 7) is 5.50. The van der Waals surface area contributed by atoms with Gasteiger partial charge in [0.25, 0.3) is 0 Å². The van der Waals surface area contributed by atoms with Crippen molar-refractivity contribution < 1.29 is 4.74 Å². The number of fused-ring (bicyclic) bond motifs is 2. The van der Waals surface area contributed by atoms with Gasteiger partial charge in [0.2, 0.25) is 0 Å². The van der Waals surface area contributed by atoms with Crippen molar-refractivity contribution in [3.63, 3.8) is 0 Å². The Morgan fingerprint density at radius 2 is 1.70 bits per heavy atom. The maximum absolute atomic E-state index is 6.11. The first-order chi connectivity index (χ1) is 9.65. The molecule has 3 saturated heterocycles. The standard InChI is InChI=1S/C17H32N2O/c1-4-17(5-2)12-13(8-9-20-17)18-14-10-15-6-7-16(11-14)19(15)3/h13-16,18H,4-12H2,1-3H3. The molecule has 3 aliphatic rings. The minimum absolute atomic E-state index is 0.153. The molecule has 3 heterocycles. The predicted octanol–water partition coefficient (Wildman–Crippen LogP) is 2.94. The van der Waals surface area contributed by atoms with E-state index in [1.54, 1.807) is 0 Å². The van der Waals surface area contributed by atoms with E-state index < -0.39 is 0 Å². The summed E-state index contributed by atoms with van der Waals surface area (Å²) in [6, 6.07) is 3.11. The van der Waals surface area contributed by atoms with Gasteiger partial charge in [0, 0.05) is 30.8 Å². The minimum atomic E-state index is 0.153. The molecule has 1 N–H and O–H groups in total. The van der Waals surface area contributed by atoms with Crippen LogP contribution < -0.4 is 5.32 Å². The monoisotopic (exact) mass is 280 g/mol. The van der Waals surface area contributed by atoms with E-state index in [1.165, 1.54) is 38.5 Å². The van der Waals surface area contributed by atoms with Crippen molar-refractivity contribution in [2.75, 3.05) is 13.7 Å². The van der Waals surface area contributed by atoms with Gasteiger partial charge in [-0.1, -0.05) is 13.8 Å². The summed E-state index contributed by atoms with van der Waals surface area (Å²) in [5.74, 6) is 0. The molecule has 0 aromatic heterocycles. The van der Waals surface area contributed by atoms with Crippen LogP contribution in [0.1, 0.15) is 65.2 Å². The number of hydrogen-bond donors (Lipinski definition) is 1. The lowest BCUT2D eigenvalue weighted by atomic mass is 9.85. The van der Waals surface area contributed by atoms with Gasteiger partial charge < -0.3 is 15.0 Å². The first kappa shape index (κ1) is 14.8. The van der Waals surface area contributed by atoms with Crippen molar-refractivity contribution in [2.45, 2.75) is 95.0 Å². The van der Waals surface area contributed by atoms with Crippen molar-refractivity contribution in [1.82, 2.24) is 10.2 Å². The van der Waals surface area contributed by atoms with Crippen LogP contribution in [0, 0.1) is 0 Å². The second kappa shape index (κ2) is 5.94. The molecule has 3 rings (SSSR count). The largest absolute Gasteiger partial charge is 0.375 e. The lowest BCUT2D eigenvalue weighted by Gasteiger charge is -2.43. The highest BCUT2D eigenvalue weighted by atomic mass is 16.5. The lowest BCUT2D eigenvalue weighted by Crippen LogP contribution is -2.53. The van der Waals surface area contributed by atoms with Gasteiger partial charge in [-0.05, 0) is 58.4 Å². The van der Waals surface area contributed by atoms with E-state index in [-0.39, 0.29) is 5.60 Å². The maximum Gasteiger partial charge on any atom is 0.0692 e. The fourth-order valence-electron chi connectivity index (χ4n) is 4.79. The summed E-state index contributed by atoms with van der Waals surface area (Å²) in [5.41, 5.74) is 0.153. The first-order valence-corrected chi connectivity index (χ1v) is 8.77. The number of hydrogen-bond acceptors (Lipinski definition) is 3. The molecule has 0 amide bonds. The Balaban J connectivity index is 1.56. The second-order valence-corrected chi connectivity index (χ2v) is 7.31. The molecule has 0 radical (unpaired) electrons. The van der Waals surface area contributed by atoms with Gasteiger partial charge >= 0.3 is 0 Å². The summed E-state index contributed by atoms with van der Waals surface area (Å²) >= 11 is 0. The molecule has 3 fully saturated rings. The molecule has 116 valence electrons. The molecular formula is C17H32N2O. The van der Waals surface area contributed by atoms with Gasteiger partial charge in [0.1, 0.15) is 0 Å². The summed E-state index contributed by atoms with van der Waals surface area (Å²) < 4.78 is 6.11. The molecule has 3 heteroatoms. The van der Waals surface area contributed by atoms with Crippen LogP contribution in [-0.4, -0.2) is 48.3 Å². The van der Waals surface area contributed by atoms with Crippen LogP contribution in [0.3, 0.4) is 0 Å². The predicted molar refractivity (Wildman–Crippen MR) is 83.0 cm³/mol. The molecule has 0 spiro atoms. The van der Waals surface area contributed by atoms with Crippen LogP contribution >= 0.6 is 0 Å². The van der Waals surface area contributed by atoms with Crippen molar-refractivity contribution >= 4 is 0 Å². The first-order valence-electron chi connectivity index (χ1n) is 8.77. The Labute approximate surface area is 124 Å². The van der Waals surface area contributed by atoms with Crippen molar-refractivity contribution in [3.05, 3.63) is 0 Å². The Morgan fingerprint density at radius 1 is 1.05 bits per heavy atom. The van der Waals surface area contributed by atoms with Crippen LogP contribution in [0.4, 0.5) is 0 Å². The Hall–Kier alpha value is -0.120. The second-order valence-electron chi connectivity index (χ2n) is 7.31. The highest BCUT2D eigenvalue weighted by molar-refractivity contribution is 4.98. The average Bonchev–Trinajstić information content (AvgIpc) is 2.69. The van der Waals surface area contributed by atoms with Crippen molar-refractivity contribution in [2.24, 2.45) is 0 Å². The Kier molecular flexibility index (Phi) is 4.40. The van der Waals surface area contributed by atoms with E-state index in [9.17, 15) is 0 Å². The molecule has 3 unspecified atom stereocenters. The van der Waals surface area contributed by atoms with Crippen LogP contribution in [-0.2, 0) is 4.74 Å². The van der Waals surface area contributed by atoms with Gasteiger partial charge in [-0.2, -0.15) is 0 Å². The zero-order valence-electron chi connectivity index (χ0n) is 13.5. The molecule has 2 bridgehead atoms. The molecule has 3 aliphatic heterocycles. The van der Waals surface area contributed by atoms with E-state index in [4.69, 9.17) is 4.74 Å². The van der Waals surface area contributed by atoms with Gasteiger partial charge in [-0.25, -0.2) is 0 Å². The zero-order chi connectivity index (χ0) is 14.2. The molecule has 3 atom stereocenters. The highest BCUT2D eigenvalue weighted by Gasteiger charge is 2.40. The van der Waals surface area contributed by atoms with E-state index in [1.807, 2.05) is 0 Å². The van der Waals surface area contributed by atoms with E-state index in [0.717, 1.165) is 37.6 Å². The zero-order valence-corrected chi connectivity index (χ0v) is 13.5. The van der Waals surface area contributed by atoms with Crippen LogP contribution in [0.2, 0.25) is 0 Å². The van der Waals surface area contributed by atoms with Crippen LogP contribution in [0.15, 0.2) is 0 Å². The third kappa shape index (κ3) is 2.77. The van der Waals surface area contributed by atoms with Gasteiger partial charge in [-0.3, -0.25) is 0 Å². The van der Waals surface area contributed by atoms with Crippen molar-refractivity contribution in [3.8, 4) is 0 Å². The van der Waals surface area contributed by atoms with Crippen LogP contribution in [0.25, 0.3) is 0 Å². The van der Waals surface area contributed by atoms with E-state index in [0.29, 0.717) is 6.04 Å². The number of piperidine rings is 1. The van der Waals surface area contributed by atoms with Gasteiger partial charge in [0.05, 0.1) is 5.60 Å². The topological polar surface area (TPSA) is 24.5 Å². The lowest BCUT2D eigenvalue weighted by molar-refractivity contribution is -0.0949. The SMILES string of the molecule is CCC1(CC)CC(NC2CC3CCC(C2)N3C)CCO1. The fraction of sp³-hybridized carbons (Fsp3) is 1.00.